The fraction of sp³-hybridized carbons (Fsp3) is 0.955. The van der Waals surface area contributed by atoms with Gasteiger partial charge >= 0.3 is 6.09 Å². The molecular formula is C22H40N2O5S. The van der Waals surface area contributed by atoms with E-state index >= 15 is 0 Å². The molecule has 0 radical (unpaired) electrons. The Morgan fingerprint density at radius 2 is 1.73 bits per heavy atom. The number of piperidine rings is 2. The maximum Gasteiger partial charge on any atom is 0.410 e. The molecule has 0 spiro atoms. The lowest BCUT2D eigenvalue weighted by atomic mass is 9.91. The van der Waals surface area contributed by atoms with Gasteiger partial charge in [0.2, 0.25) is 10.0 Å². The summed E-state index contributed by atoms with van der Waals surface area (Å²) in [6.07, 6.45) is 6.21. The number of ether oxygens (including phenoxy) is 2. The second-order valence-corrected chi connectivity index (χ2v) is 11.8. The predicted molar refractivity (Wildman–Crippen MR) is 117 cm³/mol. The van der Waals surface area contributed by atoms with Crippen LogP contribution in [-0.4, -0.2) is 75.0 Å². The maximum atomic E-state index is 12.0. The van der Waals surface area contributed by atoms with E-state index in [1.807, 2.05) is 18.7 Å². The molecule has 2 heterocycles. The molecule has 0 aromatic rings. The summed E-state index contributed by atoms with van der Waals surface area (Å²) in [7, 11) is -3.04. The second kappa shape index (κ2) is 10.6. The Balaban J connectivity index is 1.24. The lowest BCUT2D eigenvalue weighted by Gasteiger charge is -2.32. The zero-order chi connectivity index (χ0) is 21.7. The standard InChI is InChI=1S/C22H40N2O5S/c1-4-30(26,27)24-12-5-18(6-13-24)16-28-14-9-20-15-21(20)19-7-10-23(11-8-19)22(25)29-17(2)3/h17-21H,4-16H2,1-3H3. The van der Waals surface area contributed by atoms with E-state index in [-0.39, 0.29) is 18.0 Å². The fourth-order valence-electron chi connectivity index (χ4n) is 4.99. The van der Waals surface area contributed by atoms with Gasteiger partial charge in [0, 0.05) is 39.4 Å². The van der Waals surface area contributed by atoms with Gasteiger partial charge in [0.1, 0.15) is 0 Å². The molecule has 1 amide bonds. The Morgan fingerprint density at radius 3 is 2.33 bits per heavy atom. The molecule has 0 N–H and O–H groups in total. The van der Waals surface area contributed by atoms with Crippen molar-refractivity contribution >= 4 is 16.1 Å². The first-order valence-electron chi connectivity index (χ1n) is 11.8. The van der Waals surface area contributed by atoms with Crippen LogP contribution in [0, 0.1) is 23.7 Å². The van der Waals surface area contributed by atoms with E-state index in [1.54, 1.807) is 11.2 Å². The molecular weight excluding hydrogens is 404 g/mol. The molecule has 0 aromatic carbocycles. The first-order valence-corrected chi connectivity index (χ1v) is 13.4. The van der Waals surface area contributed by atoms with Crippen LogP contribution < -0.4 is 0 Å². The molecule has 2 atom stereocenters. The van der Waals surface area contributed by atoms with E-state index in [9.17, 15) is 13.2 Å². The summed E-state index contributed by atoms with van der Waals surface area (Å²) in [4.78, 5) is 13.9. The highest BCUT2D eigenvalue weighted by molar-refractivity contribution is 7.89. The monoisotopic (exact) mass is 444 g/mol. The molecule has 1 saturated carbocycles. The molecule has 0 bridgehead atoms. The predicted octanol–water partition coefficient (Wildman–Crippen LogP) is 3.35. The highest BCUT2D eigenvalue weighted by Gasteiger charge is 2.43. The van der Waals surface area contributed by atoms with Crippen molar-refractivity contribution in [3.63, 3.8) is 0 Å². The van der Waals surface area contributed by atoms with Gasteiger partial charge in [0.25, 0.3) is 0 Å². The van der Waals surface area contributed by atoms with Crippen molar-refractivity contribution in [1.82, 2.24) is 9.21 Å². The minimum absolute atomic E-state index is 0.0556. The maximum absolute atomic E-state index is 12.0. The van der Waals surface area contributed by atoms with E-state index in [0.717, 1.165) is 76.2 Å². The van der Waals surface area contributed by atoms with Gasteiger partial charge in [-0.05, 0) is 83.0 Å². The first kappa shape index (κ1) is 23.8. The lowest BCUT2D eigenvalue weighted by Crippen LogP contribution is -2.40. The second-order valence-electron chi connectivity index (χ2n) is 9.52. The Bertz CT molecular complexity index is 652. The number of hydrogen-bond acceptors (Lipinski definition) is 5. The average molecular weight is 445 g/mol. The zero-order valence-corrected chi connectivity index (χ0v) is 19.7. The Labute approximate surface area is 182 Å². The van der Waals surface area contributed by atoms with Crippen molar-refractivity contribution in [2.75, 3.05) is 45.1 Å². The number of carbonyl (C=O) groups excluding carboxylic acids is 1. The van der Waals surface area contributed by atoms with E-state index in [2.05, 4.69) is 0 Å². The number of sulfonamides is 1. The van der Waals surface area contributed by atoms with Crippen LogP contribution >= 0.6 is 0 Å². The van der Waals surface area contributed by atoms with Gasteiger partial charge in [-0.1, -0.05) is 0 Å². The van der Waals surface area contributed by atoms with E-state index in [0.29, 0.717) is 19.0 Å². The summed E-state index contributed by atoms with van der Waals surface area (Å²) in [6.45, 7) is 9.98. The molecule has 2 unspecified atom stereocenters. The van der Waals surface area contributed by atoms with Crippen molar-refractivity contribution in [3.8, 4) is 0 Å². The number of likely N-dealkylation sites (tertiary alicyclic amines) is 1. The molecule has 3 aliphatic rings. The van der Waals surface area contributed by atoms with Gasteiger partial charge in [-0.2, -0.15) is 0 Å². The Morgan fingerprint density at radius 1 is 1.07 bits per heavy atom. The summed E-state index contributed by atoms with van der Waals surface area (Å²) < 4.78 is 36.7. The Kier molecular flexibility index (Phi) is 8.44. The van der Waals surface area contributed by atoms with Crippen molar-refractivity contribution in [1.29, 1.82) is 0 Å². The van der Waals surface area contributed by atoms with E-state index < -0.39 is 10.0 Å². The van der Waals surface area contributed by atoms with Crippen LogP contribution in [-0.2, 0) is 19.5 Å². The summed E-state index contributed by atoms with van der Waals surface area (Å²) in [6, 6.07) is 0. The SMILES string of the molecule is CCS(=O)(=O)N1CCC(COCCC2CC2C2CCN(C(=O)OC(C)C)CC2)CC1. The van der Waals surface area contributed by atoms with Crippen LogP contribution in [0.4, 0.5) is 4.79 Å². The minimum Gasteiger partial charge on any atom is -0.447 e. The molecule has 3 rings (SSSR count). The van der Waals surface area contributed by atoms with Crippen molar-refractivity contribution in [2.45, 2.75) is 65.4 Å². The van der Waals surface area contributed by atoms with Crippen LogP contribution in [0.15, 0.2) is 0 Å². The van der Waals surface area contributed by atoms with Gasteiger partial charge in [0.05, 0.1) is 11.9 Å². The van der Waals surface area contributed by atoms with E-state index in [1.165, 1.54) is 6.42 Å². The first-order chi connectivity index (χ1) is 14.3. The quantitative estimate of drug-likeness (QED) is 0.510. The summed E-state index contributed by atoms with van der Waals surface area (Å²) in [5, 5.41) is 0. The summed E-state index contributed by atoms with van der Waals surface area (Å²) >= 11 is 0. The zero-order valence-electron chi connectivity index (χ0n) is 18.9. The number of carbonyl (C=O) groups is 1. The third kappa shape index (κ3) is 6.57. The highest BCUT2D eigenvalue weighted by atomic mass is 32.2. The van der Waals surface area contributed by atoms with Gasteiger partial charge in [-0.15, -0.1) is 0 Å². The van der Waals surface area contributed by atoms with Crippen molar-refractivity contribution < 1.29 is 22.7 Å². The summed E-state index contributed by atoms with van der Waals surface area (Å²) in [5.41, 5.74) is 0. The highest BCUT2D eigenvalue weighted by Crippen LogP contribution is 2.49. The van der Waals surface area contributed by atoms with Gasteiger partial charge in [0.15, 0.2) is 0 Å². The van der Waals surface area contributed by atoms with E-state index in [4.69, 9.17) is 9.47 Å². The van der Waals surface area contributed by atoms with Crippen molar-refractivity contribution in [3.05, 3.63) is 0 Å². The number of hydrogen-bond donors (Lipinski definition) is 0. The lowest BCUT2D eigenvalue weighted by molar-refractivity contribution is 0.0620. The third-order valence-corrected chi connectivity index (χ3v) is 8.92. The molecule has 8 heteroatoms. The number of rotatable bonds is 9. The molecule has 0 aromatic heterocycles. The Hall–Kier alpha value is -0.860. The average Bonchev–Trinajstić information content (AvgIpc) is 3.51. The van der Waals surface area contributed by atoms with Gasteiger partial charge < -0.3 is 14.4 Å². The third-order valence-electron chi connectivity index (χ3n) is 7.04. The summed E-state index contributed by atoms with van der Waals surface area (Å²) in [5.74, 6) is 3.00. The number of amides is 1. The van der Waals surface area contributed by atoms with Gasteiger partial charge in [-0.25, -0.2) is 17.5 Å². The van der Waals surface area contributed by atoms with Crippen LogP contribution in [0.3, 0.4) is 0 Å². The molecule has 3 fully saturated rings. The normalized spacial score (nSPS) is 26.9. The van der Waals surface area contributed by atoms with Gasteiger partial charge in [-0.3, -0.25) is 0 Å². The molecule has 2 saturated heterocycles. The molecule has 174 valence electrons. The number of nitrogens with zero attached hydrogens (tertiary/aromatic N) is 2. The van der Waals surface area contributed by atoms with Crippen molar-refractivity contribution in [2.24, 2.45) is 23.7 Å². The minimum atomic E-state index is -3.04. The molecule has 2 aliphatic heterocycles. The molecule has 7 nitrogen and oxygen atoms in total. The molecule has 30 heavy (non-hydrogen) atoms. The van der Waals surface area contributed by atoms with Crippen LogP contribution in [0.2, 0.25) is 0 Å². The topological polar surface area (TPSA) is 76.2 Å². The smallest absolute Gasteiger partial charge is 0.410 e. The van der Waals surface area contributed by atoms with Crippen LogP contribution in [0.5, 0.6) is 0 Å². The van der Waals surface area contributed by atoms with Crippen LogP contribution in [0.25, 0.3) is 0 Å². The van der Waals surface area contributed by atoms with Crippen LogP contribution in [0.1, 0.15) is 59.3 Å². The largest absolute Gasteiger partial charge is 0.447 e. The molecule has 1 aliphatic carbocycles. The fourth-order valence-corrected chi connectivity index (χ4v) is 6.12.